The van der Waals surface area contributed by atoms with Gasteiger partial charge in [-0.05, 0) is 35.1 Å². The van der Waals surface area contributed by atoms with E-state index in [0.717, 1.165) is 0 Å². The van der Waals surface area contributed by atoms with E-state index in [4.69, 9.17) is 4.74 Å². The number of hydrogen-bond donors (Lipinski definition) is 1. The summed E-state index contributed by atoms with van der Waals surface area (Å²) in [4.78, 5) is 24.1. The maximum atomic E-state index is 11.7. The van der Waals surface area contributed by atoms with Crippen molar-refractivity contribution in [1.29, 1.82) is 0 Å². The Balaban J connectivity index is 1.75. The second-order valence-corrected chi connectivity index (χ2v) is 6.13. The molecule has 0 aliphatic carbocycles. The van der Waals surface area contributed by atoms with Crippen LogP contribution in [0.1, 0.15) is 41.4 Å². The zero-order chi connectivity index (χ0) is 15.9. The van der Waals surface area contributed by atoms with Crippen LogP contribution in [-0.4, -0.2) is 18.4 Å². The first kappa shape index (κ1) is 16.2. The molecular weight excluding hydrogens is 298 g/mol. The molecule has 1 N–H and O–H groups in total. The number of thiophene rings is 1. The zero-order valence-electron chi connectivity index (χ0n) is 12.7. The Kier molecular flexibility index (Phi) is 5.72. The average Bonchev–Trinajstić information content (AvgIpc) is 3.02. The third-order valence-electron chi connectivity index (χ3n) is 3.14. The highest BCUT2D eigenvalue weighted by Crippen LogP contribution is 2.18. The first-order valence-electron chi connectivity index (χ1n) is 7.18. The summed E-state index contributed by atoms with van der Waals surface area (Å²) in [5, 5.41) is 4.53. The van der Waals surface area contributed by atoms with Gasteiger partial charge in [0.25, 0.3) is 5.91 Å². The van der Waals surface area contributed by atoms with Gasteiger partial charge >= 0.3 is 5.97 Å². The second-order valence-electron chi connectivity index (χ2n) is 5.18. The van der Waals surface area contributed by atoms with Crippen molar-refractivity contribution in [3.8, 4) is 5.75 Å². The number of amides is 1. The number of ether oxygens (including phenoxy) is 1. The number of nitrogens with one attached hydrogen (secondary N) is 1. The van der Waals surface area contributed by atoms with E-state index in [9.17, 15) is 9.59 Å². The van der Waals surface area contributed by atoms with Gasteiger partial charge in [-0.25, -0.2) is 0 Å². The van der Waals surface area contributed by atoms with Crippen LogP contribution < -0.4 is 10.1 Å². The predicted molar refractivity (Wildman–Crippen MR) is 87.4 cm³/mol. The van der Waals surface area contributed by atoms with Gasteiger partial charge in [0.15, 0.2) is 0 Å². The van der Waals surface area contributed by atoms with Crippen LogP contribution in [0.4, 0.5) is 0 Å². The summed E-state index contributed by atoms with van der Waals surface area (Å²) < 4.78 is 5.23. The summed E-state index contributed by atoms with van der Waals surface area (Å²) in [6.07, 6.45) is 0.142. The number of benzene rings is 1. The molecule has 0 saturated carbocycles. The summed E-state index contributed by atoms with van der Waals surface area (Å²) in [6.45, 7) is 4.48. The molecular formula is C17H19NO3S. The Morgan fingerprint density at radius 3 is 2.50 bits per heavy atom. The van der Waals surface area contributed by atoms with Gasteiger partial charge < -0.3 is 10.1 Å². The predicted octanol–water partition coefficient (Wildman–Crippen LogP) is 3.60. The van der Waals surface area contributed by atoms with Crippen molar-refractivity contribution in [2.75, 3.05) is 6.54 Å². The summed E-state index contributed by atoms with van der Waals surface area (Å²) in [5.41, 5.74) is 1.20. The molecule has 1 aromatic heterocycles. The Hall–Kier alpha value is -2.14. The Bertz CT molecular complexity index is 618. The number of carbonyl (C=O) groups excluding carboxylic acids is 2. The van der Waals surface area contributed by atoms with Gasteiger partial charge in [-0.3, -0.25) is 9.59 Å². The molecule has 0 bridgehead atoms. The fourth-order valence-electron chi connectivity index (χ4n) is 1.88. The Morgan fingerprint density at radius 2 is 1.91 bits per heavy atom. The van der Waals surface area contributed by atoms with E-state index in [1.165, 1.54) is 16.9 Å². The Labute approximate surface area is 134 Å². The number of esters is 1. The molecule has 5 heteroatoms. The first-order chi connectivity index (χ1) is 10.6. The topological polar surface area (TPSA) is 55.4 Å². The summed E-state index contributed by atoms with van der Waals surface area (Å²) in [5.74, 6) is 0.448. The molecule has 22 heavy (non-hydrogen) atoms. The molecule has 0 spiro atoms. The smallest absolute Gasteiger partial charge is 0.312 e. The van der Waals surface area contributed by atoms with E-state index in [1.54, 1.807) is 18.2 Å². The largest absolute Gasteiger partial charge is 0.426 e. The third kappa shape index (κ3) is 4.70. The van der Waals surface area contributed by atoms with Gasteiger partial charge in [-0.15, -0.1) is 11.3 Å². The maximum Gasteiger partial charge on any atom is 0.312 e. The van der Waals surface area contributed by atoms with Crippen molar-refractivity contribution in [3.63, 3.8) is 0 Å². The van der Waals surface area contributed by atoms with E-state index in [2.05, 4.69) is 19.2 Å². The SMILES string of the molecule is CC(C)c1ccc(OC(=O)CCNC(=O)c2cccs2)cc1. The van der Waals surface area contributed by atoms with Crippen molar-refractivity contribution in [1.82, 2.24) is 5.32 Å². The quantitative estimate of drug-likeness (QED) is 0.654. The van der Waals surface area contributed by atoms with Gasteiger partial charge in [0.05, 0.1) is 11.3 Å². The molecule has 2 aromatic rings. The van der Waals surface area contributed by atoms with Gasteiger partial charge in [-0.2, -0.15) is 0 Å². The lowest BCUT2D eigenvalue weighted by molar-refractivity contribution is -0.134. The standard InChI is InChI=1S/C17H19NO3S/c1-12(2)13-5-7-14(8-6-13)21-16(19)9-10-18-17(20)15-4-3-11-22-15/h3-8,11-12H,9-10H2,1-2H3,(H,18,20). The highest BCUT2D eigenvalue weighted by atomic mass is 32.1. The molecule has 0 aliphatic heterocycles. The van der Waals surface area contributed by atoms with Crippen LogP contribution in [0.5, 0.6) is 5.75 Å². The molecule has 1 aromatic carbocycles. The normalized spacial score (nSPS) is 10.5. The summed E-state index contributed by atoms with van der Waals surface area (Å²) in [7, 11) is 0. The van der Waals surface area contributed by atoms with Crippen molar-refractivity contribution < 1.29 is 14.3 Å². The average molecular weight is 317 g/mol. The molecule has 2 rings (SSSR count). The minimum Gasteiger partial charge on any atom is -0.426 e. The van der Waals surface area contributed by atoms with E-state index in [0.29, 0.717) is 16.5 Å². The van der Waals surface area contributed by atoms with Gasteiger partial charge in [0, 0.05) is 6.54 Å². The second kappa shape index (κ2) is 7.75. The van der Waals surface area contributed by atoms with Crippen molar-refractivity contribution in [3.05, 3.63) is 52.2 Å². The van der Waals surface area contributed by atoms with Gasteiger partial charge in [0.2, 0.25) is 0 Å². The van der Waals surface area contributed by atoms with Crippen LogP contribution in [0.15, 0.2) is 41.8 Å². The minimum absolute atomic E-state index is 0.142. The van der Waals surface area contributed by atoms with E-state index in [1.807, 2.05) is 23.6 Å². The van der Waals surface area contributed by atoms with Crippen LogP contribution in [0.25, 0.3) is 0 Å². The molecule has 1 heterocycles. The summed E-state index contributed by atoms with van der Waals surface area (Å²) >= 11 is 1.37. The molecule has 0 atom stereocenters. The Morgan fingerprint density at radius 1 is 1.18 bits per heavy atom. The fourth-order valence-corrected chi connectivity index (χ4v) is 2.52. The van der Waals surface area contributed by atoms with E-state index >= 15 is 0 Å². The highest BCUT2D eigenvalue weighted by Gasteiger charge is 2.09. The van der Waals surface area contributed by atoms with Crippen LogP contribution in [0, 0.1) is 0 Å². The lowest BCUT2D eigenvalue weighted by Crippen LogP contribution is -2.26. The lowest BCUT2D eigenvalue weighted by atomic mass is 10.0. The van der Waals surface area contributed by atoms with Crippen LogP contribution >= 0.6 is 11.3 Å². The molecule has 0 radical (unpaired) electrons. The lowest BCUT2D eigenvalue weighted by Gasteiger charge is -2.08. The van der Waals surface area contributed by atoms with Crippen molar-refractivity contribution in [2.45, 2.75) is 26.2 Å². The maximum absolute atomic E-state index is 11.7. The molecule has 116 valence electrons. The van der Waals surface area contributed by atoms with Crippen molar-refractivity contribution >= 4 is 23.2 Å². The van der Waals surface area contributed by atoms with E-state index in [-0.39, 0.29) is 24.8 Å². The van der Waals surface area contributed by atoms with Crippen LogP contribution in [-0.2, 0) is 4.79 Å². The fraction of sp³-hybridized carbons (Fsp3) is 0.294. The van der Waals surface area contributed by atoms with Crippen molar-refractivity contribution in [2.24, 2.45) is 0 Å². The molecule has 4 nitrogen and oxygen atoms in total. The number of rotatable bonds is 6. The molecule has 1 amide bonds. The molecule has 0 saturated heterocycles. The molecule has 0 aliphatic rings. The van der Waals surface area contributed by atoms with E-state index < -0.39 is 0 Å². The van der Waals surface area contributed by atoms with Gasteiger partial charge in [-0.1, -0.05) is 32.0 Å². The van der Waals surface area contributed by atoms with Crippen LogP contribution in [0.2, 0.25) is 0 Å². The highest BCUT2D eigenvalue weighted by molar-refractivity contribution is 7.12. The number of hydrogen-bond acceptors (Lipinski definition) is 4. The molecule has 0 fully saturated rings. The van der Waals surface area contributed by atoms with Gasteiger partial charge in [0.1, 0.15) is 5.75 Å². The monoisotopic (exact) mass is 317 g/mol. The third-order valence-corrected chi connectivity index (χ3v) is 4.01. The first-order valence-corrected chi connectivity index (χ1v) is 8.06. The minimum atomic E-state index is -0.358. The zero-order valence-corrected chi connectivity index (χ0v) is 13.5. The molecule has 0 unspecified atom stereocenters. The van der Waals surface area contributed by atoms with Crippen LogP contribution in [0.3, 0.4) is 0 Å². The number of carbonyl (C=O) groups is 2. The summed E-state index contributed by atoms with van der Waals surface area (Å²) in [6, 6.07) is 11.0.